The van der Waals surface area contributed by atoms with Crippen LogP contribution in [-0.4, -0.2) is 61.6 Å². The van der Waals surface area contributed by atoms with Crippen LogP contribution in [0.4, 0.5) is 5.69 Å². The van der Waals surface area contributed by atoms with Gasteiger partial charge in [-0.3, -0.25) is 19.3 Å². The standard InChI is InChI=1S/C27H35N3O5/c1-2-3-16-35-26(32)19-24-27(33)28-14-15-30(24)20-25(31)29-22-12-7-13-23(18-22)34-17-8-11-21-9-5-4-6-10-21/h4-7,9-10,12-13,18,24H,2-3,8,11,14-17,19-20H2,1H3,(H,28,33)(H,29,31). The Morgan fingerprint density at radius 1 is 1.09 bits per heavy atom. The van der Waals surface area contributed by atoms with Gasteiger partial charge in [0.15, 0.2) is 0 Å². The Balaban J connectivity index is 1.47. The Morgan fingerprint density at radius 3 is 2.71 bits per heavy atom. The summed E-state index contributed by atoms with van der Waals surface area (Å²) in [5.74, 6) is -0.267. The van der Waals surface area contributed by atoms with Gasteiger partial charge in [-0.15, -0.1) is 0 Å². The molecule has 2 aromatic rings. The number of carbonyl (C=O) groups excluding carboxylic acids is 3. The zero-order chi connectivity index (χ0) is 24.9. The fraction of sp³-hybridized carbons (Fsp3) is 0.444. The Kier molecular flexibility index (Phi) is 10.6. The van der Waals surface area contributed by atoms with Crippen molar-refractivity contribution in [3.63, 3.8) is 0 Å². The summed E-state index contributed by atoms with van der Waals surface area (Å²) < 4.78 is 11.1. The average molecular weight is 482 g/mol. The van der Waals surface area contributed by atoms with Gasteiger partial charge >= 0.3 is 5.97 Å². The van der Waals surface area contributed by atoms with Crippen LogP contribution in [0.3, 0.4) is 0 Å². The largest absolute Gasteiger partial charge is 0.494 e. The first-order valence-corrected chi connectivity index (χ1v) is 12.3. The number of hydrogen-bond donors (Lipinski definition) is 2. The maximum atomic E-state index is 12.7. The van der Waals surface area contributed by atoms with Crippen LogP contribution in [0.2, 0.25) is 0 Å². The number of aryl methyl sites for hydroxylation is 1. The second-order valence-corrected chi connectivity index (χ2v) is 8.57. The van der Waals surface area contributed by atoms with Gasteiger partial charge in [0.25, 0.3) is 0 Å². The van der Waals surface area contributed by atoms with Crippen LogP contribution in [0.15, 0.2) is 54.6 Å². The molecule has 8 nitrogen and oxygen atoms in total. The number of amides is 2. The van der Waals surface area contributed by atoms with Gasteiger partial charge in [-0.1, -0.05) is 49.7 Å². The number of ether oxygens (including phenoxy) is 2. The van der Waals surface area contributed by atoms with E-state index in [4.69, 9.17) is 9.47 Å². The Labute approximate surface area is 207 Å². The summed E-state index contributed by atoms with van der Waals surface area (Å²) in [5.41, 5.74) is 1.89. The summed E-state index contributed by atoms with van der Waals surface area (Å²) in [4.78, 5) is 38.9. The molecule has 8 heteroatoms. The molecule has 1 aliphatic rings. The molecular weight excluding hydrogens is 446 g/mol. The van der Waals surface area contributed by atoms with E-state index in [0.29, 0.717) is 37.7 Å². The molecule has 0 aromatic heterocycles. The predicted molar refractivity (Wildman–Crippen MR) is 134 cm³/mol. The minimum atomic E-state index is -0.720. The SMILES string of the molecule is CCCCOC(=O)CC1C(=O)NCCN1CC(=O)Nc1cccc(OCCCc2ccccc2)c1. The summed E-state index contributed by atoms with van der Waals surface area (Å²) in [6.45, 7) is 3.84. The molecule has 1 heterocycles. The highest BCUT2D eigenvalue weighted by atomic mass is 16.5. The molecule has 3 rings (SSSR count). The van der Waals surface area contributed by atoms with Crippen molar-refractivity contribution in [2.45, 2.75) is 45.1 Å². The quantitative estimate of drug-likeness (QED) is 0.337. The predicted octanol–water partition coefficient (Wildman–Crippen LogP) is 3.17. The number of nitrogens with zero attached hydrogens (tertiary/aromatic N) is 1. The third-order valence-electron chi connectivity index (χ3n) is 5.75. The van der Waals surface area contributed by atoms with Crippen LogP contribution in [-0.2, 0) is 25.5 Å². The zero-order valence-corrected chi connectivity index (χ0v) is 20.3. The number of anilines is 1. The van der Waals surface area contributed by atoms with Crippen molar-refractivity contribution in [1.29, 1.82) is 0 Å². The smallest absolute Gasteiger partial charge is 0.307 e. The van der Waals surface area contributed by atoms with Gasteiger partial charge in [0.05, 0.1) is 26.2 Å². The van der Waals surface area contributed by atoms with Gasteiger partial charge in [-0.25, -0.2) is 0 Å². The second kappa shape index (κ2) is 14.1. The zero-order valence-electron chi connectivity index (χ0n) is 20.3. The van der Waals surface area contributed by atoms with Crippen molar-refractivity contribution in [2.24, 2.45) is 0 Å². The molecule has 0 bridgehead atoms. The third kappa shape index (κ3) is 9.05. The number of piperazine rings is 1. The number of esters is 1. The minimum Gasteiger partial charge on any atom is -0.494 e. The topological polar surface area (TPSA) is 97.0 Å². The van der Waals surface area contributed by atoms with Gasteiger partial charge in [0, 0.05) is 24.8 Å². The Bertz CT molecular complexity index is 966. The lowest BCUT2D eigenvalue weighted by Crippen LogP contribution is -2.57. The molecule has 2 amide bonds. The molecule has 2 N–H and O–H groups in total. The van der Waals surface area contributed by atoms with Crippen molar-refractivity contribution in [3.05, 3.63) is 60.2 Å². The first-order chi connectivity index (χ1) is 17.0. The van der Waals surface area contributed by atoms with E-state index < -0.39 is 12.0 Å². The molecule has 188 valence electrons. The maximum Gasteiger partial charge on any atom is 0.307 e. The summed E-state index contributed by atoms with van der Waals surface area (Å²) in [6.07, 6.45) is 3.46. The monoisotopic (exact) mass is 481 g/mol. The molecule has 35 heavy (non-hydrogen) atoms. The number of nitrogens with one attached hydrogen (secondary N) is 2. The fourth-order valence-corrected chi connectivity index (χ4v) is 3.88. The first-order valence-electron chi connectivity index (χ1n) is 12.3. The van der Waals surface area contributed by atoms with Gasteiger partial charge < -0.3 is 20.1 Å². The van der Waals surface area contributed by atoms with Crippen LogP contribution < -0.4 is 15.4 Å². The molecule has 0 saturated carbocycles. The molecule has 1 atom stereocenters. The van der Waals surface area contributed by atoms with Gasteiger partial charge in [-0.05, 0) is 37.0 Å². The lowest BCUT2D eigenvalue weighted by atomic mass is 10.1. The molecule has 0 radical (unpaired) electrons. The van der Waals surface area contributed by atoms with Crippen LogP contribution in [0.25, 0.3) is 0 Å². The van der Waals surface area contributed by atoms with Crippen LogP contribution in [0.1, 0.15) is 38.2 Å². The van der Waals surface area contributed by atoms with E-state index in [1.54, 1.807) is 17.0 Å². The van der Waals surface area contributed by atoms with E-state index >= 15 is 0 Å². The number of carbonyl (C=O) groups is 3. The summed E-state index contributed by atoms with van der Waals surface area (Å²) in [5, 5.41) is 5.63. The highest BCUT2D eigenvalue weighted by Crippen LogP contribution is 2.18. The van der Waals surface area contributed by atoms with Crippen LogP contribution in [0, 0.1) is 0 Å². The summed E-state index contributed by atoms with van der Waals surface area (Å²) in [7, 11) is 0. The lowest BCUT2D eigenvalue weighted by Gasteiger charge is -2.33. The van der Waals surface area contributed by atoms with E-state index in [9.17, 15) is 14.4 Å². The third-order valence-corrected chi connectivity index (χ3v) is 5.75. The molecule has 0 spiro atoms. The second-order valence-electron chi connectivity index (χ2n) is 8.57. The minimum absolute atomic E-state index is 0.00247. The number of benzene rings is 2. The molecular formula is C27H35N3O5. The summed E-state index contributed by atoms with van der Waals surface area (Å²) >= 11 is 0. The van der Waals surface area contributed by atoms with Gasteiger partial charge in [0.1, 0.15) is 11.8 Å². The van der Waals surface area contributed by atoms with E-state index in [-0.39, 0.29) is 24.8 Å². The summed E-state index contributed by atoms with van der Waals surface area (Å²) in [6, 6.07) is 16.8. The number of hydrogen-bond acceptors (Lipinski definition) is 6. The highest BCUT2D eigenvalue weighted by Gasteiger charge is 2.33. The molecule has 1 aliphatic heterocycles. The first kappa shape index (κ1) is 26.2. The number of unbranched alkanes of at least 4 members (excludes halogenated alkanes) is 1. The fourth-order valence-electron chi connectivity index (χ4n) is 3.88. The van der Waals surface area contributed by atoms with Gasteiger partial charge in [0.2, 0.25) is 11.8 Å². The van der Waals surface area contributed by atoms with E-state index in [1.165, 1.54) is 5.56 Å². The van der Waals surface area contributed by atoms with Gasteiger partial charge in [-0.2, -0.15) is 0 Å². The van der Waals surface area contributed by atoms with E-state index in [2.05, 4.69) is 22.8 Å². The van der Waals surface area contributed by atoms with Crippen LogP contribution in [0.5, 0.6) is 5.75 Å². The van der Waals surface area contributed by atoms with E-state index in [0.717, 1.165) is 25.7 Å². The molecule has 1 fully saturated rings. The number of rotatable bonds is 13. The van der Waals surface area contributed by atoms with Crippen molar-refractivity contribution in [2.75, 3.05) is 38.2 Å². The maximum absolute atomic E-state index is 12.7. The Hall–Kier alpha value is -3.39. The molecule has 1 saturated heterocycles. The Morgan fingerprint density at radius 2 is 1.91 bits per heavy atom. The van der Waals surface area contributed by atoms with E-state index in [1.807, 2.05) is 37.3 Å². The lowest BCUT2D eigenvalue weighted by molar-refractivity contribution is -0.149. The van der Waals surface area contributed by atoms with Crippen molar-refractivity contribution < 1.29 is 23.9 Å². The normalized spacial score (nSPS) is 15.8. The van der Waals surface area contributed by atoms with Crippen LogP contribution >= 0.6 is 0 Å². The van der Waals surface area contributed by atoms with Crippen molar-refractivity contribution in [3.8, 4) is 5.75 Å². The average Bonchev–Trinajstić information content (AvgIpc) is 2.85. The molecule has 1 unspecified atom stereocenters. The van der Waals surface area contributed by atoms with Crippen molar-refractivity contribution in [1.82, 2.24) is 10.2 Å². The molecule has 2 aromatic carbocycles. The molecule has 0 aliphatic carbocycles. The highest BCUT2D eigenvalue weighted by molar-refractivity contribution is 5.93. The van der Waals surface area contributed by atoms with Crippen molar-refractivity contribution >= 4 is 23.5 Å².